The zero-order valence-electron chi connectivity index (χ0n) is 19.8. The van der Waals surface area contributed by atoms with Crippen LogP contribution in [0.3, 0.4) is 0 Å². The molecular formula is C21H31N4O9P. The highest BCUT2D eigenvalue weighted by molar-refractivity contribution is 7.17. The van der Waals surface area contributed by atoms with E-state index in [1.807, 2.05) is 18.2 Å². The van der Waals surface area contributed by atoms with Crippen molar-refractivity contribution in [1.82, 2.24) is 14.9 Å². The largest absolute Gasteiger partial charge is 0.468 e. The van der Waals surface area contributed by atoms with Crippen LogP contribution in [0.15, 0.2) is 47.4 Å². The van der Waals surface area contributed by atoms with E-state index >= 15 is 0 Å². The van der Waals surface area contributed by atoms with Gasteiger partial charge in [0.2, 0.25) is 0 Å². The number of hydrogen-bond donors (Lipinski definition) is 4. The van der Waals surface area contributed by atoms with Gasteiger partial charge in [0, 0.05) is 6.20 Å². The summed E-state index contributed by atoms with van der Waals surface area (Å²) in [7, 11) is 0.964. The van der Waals surface area contributed by atoms with Crippen molar-refractivity contribution in [3.63, 3.8) is 0 Å². The first-order chi connectivity index (χ1) is 16.6. The van der Waals surface area contributed by atoms with Crippen molar-refractivity contribution in [3.8, 4) is 5.75 Å². The molecule has 0 saturated carbocycles. The molecule has 0 spiro atoms. The van der Waals surface area contributed by atoms with Crippen LogP contribution in [0.5, 0.6) is 5.75 Å². The molecule has 0 saturated heterocycles. The fourth-order valence-electron chi connectivity index (χ4n) is 2.60. The fraction of sp³-hybridized carbons (Fsp3) is 0.476. The van der Waals surface area contributed by atoms with E-state index in [2.05, 4.69) is 19.6 Å². The monoisotopic (exact) mass is 514 g/mol. The topological polar surface area (TPSA) is 184 Å². The first-order valence-corrected chi connectivity index (χ1v) is 11.2. The number of carbonyl (C=O) groups is 1. The molecule has 14 heteroatoms. The number of nitrogens with zero attached hydrogens (tertiary/aromatic N) is 2. The molecule has 0 aliphatic rings. The average Bonchev–Trinajstić information content (AvgIpc) is 2.82. The highest BCUT2D eigenvalue weighted by Crippen LogP contribution is 2.16. The number of aliphatic hydroxyl groups is 2. The number of aliphatic hydroxyl groups excluding tert-OH is 1. The van der Waals surface area contributed by atoms with Crippen molar-refractivity contribution in [1.29, 1.82) is 0 Å². The molecule has 0 amide bonds. The van der Waals surface area contributed by atoms with Crippen molar-refractivity contribution in [3.05, 3.63) is 53.1 Å². The lowest BCUT2D eigenvalue weighted by Gasteiger charge is -2.29. The molecule has 4 atom stereocenters. The molecule has 13 nitrogen and oxygen atoms in total. The van der Waals surface area contributed by atoms with E-state index in [1.165, 1.54) is 19.4 Å². The van der Waals surface area contributed by atoms with Crippen LogP contribution in [0.25, 0.3) is 0 Å². The molecular weight excluding hydrogens is 483 g/mol. The molecule has 1 aromatic carbocycles. The van der Waals surface area contributed by atoms with E-state index in [4.69, 9.17) is 15.2 Å². The van der Waals surface area contributed by atoms with Gasteiger partial charge < -0.3 is 34.7 Å². The zero-order chi connectivity index (χ0) is 26.4. The number of nitrogen functional groups attached to an aromatic ring is 1. The summed E-state index contributed by atoms with van der Waals surface area (Å²) in [6.07, 6.45) is -3.25. The van der Waals surface area contributed by atoms with Crippen LogP contribution in [0, 0.1) is 0 Å². The first-order valence-electron chi connectivity index (χ1n) is 10.4. The number of para-hydroxylation sites is 1. The quantitative estimate of drug-likeness (QED) is 0.178. The van der Waals surface area contributed by atoms with Gasteiger partial charge in [-0.15, -0.1) is 0 Å². The van der Waals surface area contributed by atoms with Gasteiger partial charge in [-0.25, -0.2) is 9.36 Å². The molecule has 5 N–H and O–H groups in total. The Labute approximate surface area is 204 Å². The molecule has 194 valence electrons. The van der Waals surface area contributed by atoms with Gasteiger partial charge in [-0.05, 0) is 39.0 Å². The Morgan fingerprint density at radius 1 is 1.20 bits per heavy atom. The van der Waals surface area contributed by atoms with E-state index in [0.717, 1.165) is 4.57 Å². The Hall–Kier alpha value is -2.93. The summed E-state index contributed by atoms with van der Waals surface area (Å²) in [5, 5.41) is 21.9. The van der Waals surface area contributed by atoms with Crippen LogP contribution >= 0.6 is 8.69 Å². The molecule has 1 unspecified atom stereocenters. The van der Waals surface area contributed by atoms with E-state index < -0.39 is 42.4 Å². The molecule has 2 aromatic rings. The van der Waals surface area contributed by atoms with Gasteiger partial charge in [-0.1, -0.05) is 18.2 Å². The summed E-state index contributed by atoms with van der Waals surface area (Å²) in [4.78, 5) is 26.7. The van der Waals surface area contributed by atoms with Crippen molar-refractivity contribution in [2.45, 2.75) is 51.5 Å². The summed E-state index contributed by atoms with van der Waals surface area (Å²) in [6, 6.07) is 9.82. The molecule has 1 aromatic heterocycles. The number of esters is 1. The van der Waals surface area contributed by atoms with Crippen molar-refractivity contribution in [2.75, 3.05) is 19.6 Å². The molecule has 1 heterocycles. The zero-order valence-corrected chi connectivity index (χ0v) is 20.7. The summed E-state index contributed by atoms with van der Waals surface area (Å²) in [5.74, 6) is 0.231. The summed E-state index contributed by atoms with van der Waals surface area (Å²) in [6.45, 7) is 4.64. The lowest BCUT2D eigenvalue weighted by Crippen LogP contribution is -2.44. The van der Waals surface area contributed by atoms with Crippen molar-refractivity contribution >= 4 is 20.5 Å². The molecule has 0 radical (unpaired) electrons. The number of carbonyl (C=O) groups excluding carboxylic acids is 1. The number of anilines is 1. The molecule has 0 fully saturated rings. The number of hydrogen-bond acceptors (Lipinski definition) is 12. The minimum atomic E-state index is -1.86. The number of ether oxygens (including phenoxy) is 3. The van der Waals surface area contributed by atoms with Crippen LogP contribution in [0.1, 0.15) is 27.0 Å². The molecule has 2 rings (SSSR count). The predicted molar refractivity (Wildman–Crippen MR) is 125 cm³/mol. The van der Waals surface area contributed by atoms with Gasteiger partial charge in [-0.3, -0.25) is 14.7 Å². The average molecular weight is 514 g/mol. The normalized spacial score (nSPS) is 14.4. The van der Waals surface area contributed by atoms with Crippen LogP contribution in [0.4, 0.5) is 5.82 Å². The number of methoxy groups -OCH3 is 1. The van der Waals surface area contributed by atoms with Gasteiger partial charge >= 0.3 is 20.3 Å². The van der Waals surface area contributed by atoms with E-state index in [0.29, 0.717) is 5.75 Å². The lowest BCUT2D eigenvalue weighted by molar-refractivity contribution is -0.214. The number of nitrogens with two attached hydrogens (primary N) is 1. The van der Waals surface area contributed by atoms with Gasteiger partial charge in [-0.2, -0.15) is 4.98 Å². The number of nitrogens with one attached hydrogen (secondary N) is 1. The second-order valence-electron chi connectivity index (χ2n) is 7.10. The molecule has 0 bridgehead atoms. The Balaban J connectivity index is 0.000000566. The molecule has 35 heavy (non-hydrogen) atoms. The van der Waals surface area contributed by atoms with Gasteiger partial charge in [0.15, 0.2) is 6.29 Å². The van der Waals surface area contributed by atoms with E-state index in [9.17, 15) is 24.4 Å². The highest BCUT2D eigenvalue weighted by Gasteiger charge is 2.28. The number of benzene rings is 1. The first kappa shape index (κ1) is 30.1. The Bertz CT molecular complexity index is 961. The summed E-state index contributed by atoms with van der Waals surface area (Å²) >= 11 is 0. The maximum Gasteiger partial charge on any atom is 0.395 e. The summed E-state index contributed by atoms with van der Waals surface area (Å²) < 4.78 is 31.2. The van der Waals surface area contributed by atoms with Gasteiger partial charge in [0.1, 0.15) is 29.9 Å². The predicted octanol–water partition coefficient (Wildman–Crippen LogP) is 0.826. The van der Waals surface area contributed by atoms with Crippen LogP contribution in [0.2, 0.25) is 0 Å². The lowest BCUT2D eigenvalue weighted by atomic mass is 10.2. The van der Waals surface area contributed by atoms with E-state index in [1.54, 1.807) is 32.9 Å². The SMILES string of the molecule is COC(=O)[C@@H](C)NCO[C@@H](C)C(O[C@H](C)n1ccc(N)nc1=O)C(O)O.O=POc1ccccc1. The second kappa shape index (κ2) is 15.9. The highest BCUT2D eigenvalue weighted by atomic mass is 31.1. The Morgan fingerprint density at radius 2 is 1.86 bits per heavy atom. The van der Waals surface area contributed by atoms with Crippen molar-refractivity contribution < 1.29 is 38.3 Å². The maximum absolute atomic E-state index is 11.8. The van der Waals surface area contributed by atoms with Crippen LogP contribution in [-0.4, -0.2) is 64.1 Å². The number of rotatable bonds is 12. The minimum Gasteiger partial charge on any atom is -0.468 e. The van der Waals surface area contributed by atoms with E-state index in [-0.39, 0.29) is 21.2 Å². The molecule has 0 aliphatic heterocycles. The standard InChI is InChI=1S/C15H26N4O7.C6H5O2P/c1-8(14(22)24-4)17-7-25-9(2)12(13(20)21)26-10(3)19-6-5-11(16)18-15(19)23;7-9-8-6-4-2-1-3-5-6/h5-6,8-10,12-13,17,20-21H,7H2,1-4H3,(H2,16,18,23);1-5H/t8-,9+,10-,12?;/m1./s1. The Morgan fingerprint density at radius 3 is 2.40 bits per heavy atom. The third kappa shape index (κ3) is 10.9. The Kier molecular flexibility index (Phi) is 13.7. The third-order valence-corrected chi connectivity index (χ3v) is 4.82. The second-order valence-corrected chi connectivity index (χ2v) is 7.43. The van der Waals surface area contributed by atoms with Gasteiger partial charge in [0.05, 0.1) is 19.9 Å². The number of aromatic nitrogens is 2. The third-order valence-electron chi connectivity index (χ3n) is 4.53. The fourth-order valence-corrected chi connectivity index (χ4v) is 2.81. The van der Waals surface area contributed by atoms with Crippen LogP contribution in [-0.2, 0) is 23.6 Å². The van der Waals surface area contributed by atoms with Crippen molar-refractivity contribution in [2.24, 2.45) is 0 Å². The summed E-state index contributed by atoms with van der Waals surface area (Å²) in [5.41, 5.74) is 4.80. The van der Waals surface area contributed by atoms with Crippen LogP contribution < -0.4 is 21.3 Å². The smallest absolute Gasteiger partial charge is 0.395 e. The molecule has 0 aliphatic carbocycles. The van der Waals surface area contributed by atoms with Gasteiger partial charge in [0.25, 0.3) is 0 Å². The minimum absolute atomic E-state index is 0.0538. The maximum atomic E-state index is 11.8.